The van der Waals surface area contributed by atoms with Gasteiger partial charge in [0.25, 0.3) is 0 Å². The lowest BCUT2D eigenvalue weighted by Gasteiger charge is -2.32. The summed E-state index contributed by atoms with van der Waals surface area (Å²) in [6, 6.07) is 19.3. The lowest BCUT2D eigenvalue weighted by atomic mass is 9.99. The van der Waals surface area contributed by atoms with Gasteiger partial charge in [0, 0.05) is 18.1 Å². The van der Waals surface area contributed by atoms with Crippen LogP contribution in [0.3, 0.4) is 0 Å². The topological polar surface area (TPSA) is 30.3 Å². The van der Waals surface area contributed by atoms with Gasteiger partial charge in [-0.25, -0.2) is 0 Å². The quantitative estimate of drug-likeness (QED) is 0.478. The molecule has 0 aromatic heterocycles. The monoisotopic (exact) mass is 329 g/mol. The first-order valence-corrected chi connectivity index (χ1v) is 8.69. The molecule has 1 aliphatic heterocycles. The van der Waals surface area contributed by atoms with Crippen molar-refractivity contribution in [1.29, 1.82) is 5.41 Å². The average molecular weight is 329 g/mol. The number of rotatable bonds is 1. The normalized spacial score (nSPS) is 15.7. The Kier molecular flexibility index (Phi) is 3.53. The summed E-state index contributed by atoms with van der Waals surface area (Å²) in [5.74, 6) is 0.499. The van der Waals surface area contributed by atoms with Gasteiger partial charge in [-0.2, -0.15) is 0 Å². The van der Waals surface area contributed by atoms with Gasteiger partial charge >= 0.3 is 0 Å². The van der Waals surface area contributed by atoms with E-state index < -0.39 is 0 Å². The summed E-state index contributed by atoms with van der Waals surface area (Å²) in [6.45, 7) is 6.42. The van der Waals surface area contributed by atoms with Gasteiger partial charge in [0.2, 0.25) is 5.96 Å². The van der Waals surface area contributed by atoms with Gasteiger partial charge in [0.1, 0.15) is 0 Å². The van der Waals surface area contributed by atoms with Crippen molar-refractivity contribution < 1.29 is 0 Å². The zero-order valence-corrected chi connectivity index (χ0v) is 15.2. The Hall–Kier alpha value is -2.81. The van der Waals surface area contributed by atoms with Gasteiger partial charge < -0.3 is 9.80 Å². The van der Waals surface area contributed by atoms with Crippen molar-refractivity contribution in [2.24, 2.45) is 0 Å². The summed E-state index contributed by atoms with van der Waals surface area (Å²) >= 11 is 0. The van der Waals surface area contributed by atoms with Crippen LogP contribution in [0.2, 0.25) is 0 Å². The van der Waals surface area contributed by atoms with Crippen molar-refractivity contribution in [3.05, 3.63) is 71.3 Å². The van der Waals surface area contributed by atoms with Crippen LogP contribution in [0.5, 0.6) is 0 Å². The molecule has 0 saturated carbocycles. The number of aryl methyl sites for hydroxylation is 2. The second-order valence-electron chi connectivity index (χ2n) is 6.94. The lowest BCUT2D eigenvalue weighted by Crippen LogP contribution is -2.41. The fourth-order valence-corrected chi connectivity index (χ4v) is 3.87. The zero-order chi connectivity index (χ0) is 17.7. The highest BCUT2D eigenvalue weighted by molar-refractivity contribution is 6.14. The van der Waals surface area contributed by atoms with E-state index in [0.29, 0.717) is 5.96 Å². The number of hydrogen-bond acceptors (Lipinski definition) is 1. The third-order valence-corrected chi connectivity index (χ3v) is 5.30. The molecule has 3 heteroatoms. The van der Waals surface area contributed by atoms with Gasteiger partial charge in [-0.15, -0.1) is 0 Å². The van der Waals surface area contributed by atoms with E-state index >= 15 is 0 Å². The summed E-state index contributed by atoms with van der Waals surface area (Å²) in [5, 5.41) is 11.5. The molecule has 0 bridgehead atoms. The first-order valence-electron chi connectivity index (χ1n) is 8.69. The Morgan fingerprint density at radius 2 is 1.80 bits per heavy atom. The summed E-state index contributed by atoms with van der Waals surface area (Å²) in [6.07, 6.45) is 0. The molecule has 1 unspecified atom stereocenters. The Balaban J connectivity index is 1.80. The molecule has 0 amide bonds. The van der Waals surface area contributed by atoms with Crippen LogP contribution in [0.4, 0.5) is 11.4 Å². The standard InChI is InChI=1S/C22H23N3/c1-14-7-5-8-17(13-14)24(4)22(23)25-16(3)19-12-11-15(2)18-9-6-10-20(25)21(18)19/h5-13,16,23H,1-4H3. The molecule has 0 spiro atoms. The number of hydrogen-bond donors (Lipinski definition) is 1. The highest BCUT2D eigenvalue weighted by Crippen LogP contribution is 2.45. The van der Waals surface area contributed by atoms with E-state index in [9.17, 15) is 0 Å². The van der Waals surface area contributed by atoms with Crippen LogP contribution < -0.4 is 9.80 Å². The third kappa shape index (κ3) is 2.30. The van der Waals surface area contributed by atoms with E-state index in [4.69, 9.17) is 5.41 Å². The molecular formula is C22H23N3. The molecule has 0 aliphatic carbocycles. The van der Waals surface area contributed by atoms with Crippen LogP contribution in [0.25, 0.3) is 10.8 Å². The smallest absolute Gasteiger partial charge is 0.203 e. The average Bonchev–Trinajstić information content (AvgIpc) is 2.90. The highest BCUT2D eigenvalue weighted by atomic mass is 15.4. The van der Waals surface area contributed by atoms with Crippen LogP contribution >= 0.6 is 0 Å². The largest absolute Gasteiger partial charge is 0.315 e. The van der Waals surface area contributed by atoms with E-state index in [1.807, 2.05) is 18.0 Å². The second-order valence-corrected chi connectivity index (χ2v) is 6.94. The van der Waals surface area contributed by atoms with Crippen molar-refractivity contribution in [2.45, 2.75) is 26.8 Å². The van der Waals surface area contributed by atoms with Crippen molar-refractivity contribution in [2.75, 3.05) is 16.8 Å². The molecule has 1 N–H and O–H groups in total. The number of guanidine groups is 1. The first kappa shape index (κ1) is 15.7. The van der Waals surface area contributed by atoms with Crippen molar-refractivity contribution >= 4 is 28.1 Å². The van der Waals surface area contributed by atoms with Gasteiger partial charge in [0.15, 0.2) is 0 Å². The summed E-state index contributed by atoms with van der Waals surface area (Å²) in [5.41, 5.74) is 5.96. The fourth-order valence-electron chi connectivity index (χ4n) is 3.87. The SMILES string of the molecule is Cc1cccc(N(C)C(=N)N2c3cccc4c(C)ccc(c34)C2C)c1. The van der Waals surface area contributed by atoms with E-state index in [0.717, 1.165) is 11.4 Å². The molecule has 0 saturated heterocycles. The minimum absolute atomic E-state index is 0.153. The van der Waals surface area contributed by atoms with Gasteiger partial charge in [-0.3, -0.25) is 5.41 Å². The summed E-state index contributed by atoms with van der Waals surface area (Å²) in [7, 11) is 1.97. The molecule has 25 heavy (non-hydrogen) atoms. The van der Waals surface area contributed by atoms with E-state index in [1.54, 1.807) is 0 Å². The lowest BCUT2D eigenvalue weighted by molar-refractivity contribution is 0.809. The maximum Gasteiger partial charge on any atom is 0.203 e. The van der Waals surface area contributed by atoms with Crippen LogP contribution in [0, 0.1) is 19.3 Å². The van der Waals surface area contributed by atoms with E-state index in [2.05, 4.69) is 74.2 Å². The maximum absolute atomic E-state index is 8.87. The first-order chi connectivity index (χ1) is 12.0. The molecule has 3 nitrogen and oxygen atoms in total. The molecule has 1 atom stereocenters. The zero-order valence-electron chi connectivity index (χ0n) is 15.2. The van der Waals surface area contributed by atoms with Crippen molar-refractivity contribution in [1.82, 2.24) is 0 Å². The molecule has 1 aliphatic rings. The highest BCUT2D eigenvalue weighted by Gasteiger charge is 2.32. The Morgan fingerprint density at radius 1 is 1.04 bits per heavy atom. The second kappa shape index (κ2) is 5.62. The van der Waals surface area contributed by atoms with Gasteiger partial charge in [-0.05, 0) is 61.0 Å². The van der Waals surface area contributed by atoms with Crippen molar-refractivity contribution in [3.63, 3.8) is 0 Å². The van der Waals surface area contributed by atoms with Crippen LogP contribution in [-0.2, 0) is 0 Å². The molecular weight excluding hydrogens is 306 g/mol. The van der Waals surface area contributed by atoms with Gasteiger partial charge in [0.05, 0.1) is 11.7 Å². The van der Waals surface area contributed by atoms with Crippen LogP contribution in [-0.4, -0.2) is 13.0 Å². The molecule has 126 valence electrons. The van der Waals surface area contributed by atoms with Crippen LogP contribution in [0.15, 0.2) is 54.6 Å². The Labute approximate surface area is 149 Å². The fraction of sp³-hybridized carbons (Fsp3) is 0.227. The molecule has 3 aromatic carbocycles. The summed E-state index contributed by atoms with van der Waals surface area (Å²) < 4.78 is 0. The number of anilines is 2. The number of nitrogens with zero attached hydrogens (tertiary/aromatic N) is 2. The van der Waals surface area contributed by atoms with Crippen LogP contribution in [0.1, 0.15) is 29.7 Å². The Morgan fingerprint density at radius 3 is 2.56 bits per heavy atom. The van der Waals surface area contributed by atoms with E-state index in [-0.39, 0.29) is 6.04 Å². The molecule has 1 heterocycles. The molecule has 0 radical (unpaired) electrons. The third-order valence-electron chi connectivity index (χ3n) is 5.30. The minimum Gasteiger partial charge on any atom is -0.315 e. The van der Waals surface area contributed by atoms with E-state index in [1.165, 1.54) is 27.5 Å². The van der Waals surface area contributed by atoms with Crippen molar-refractivity contribution in [3.8, 4) is 0 Å². The molecule has 4 rings (SSSR count). The molecule has 3 aromatic rings. The van der Waals surface area contributed by atoms with Gasteiger partial charge in [-0.1, -0.05) is 36.4 Å². The molecule has 0 fully saturated rings. The minimum atomic E-state index is 0.153. The predicted octanol–water partition coefficient (Wildman–Crippen LogP) is 5.41. The Bertz CT molecular complexity index is 990. The summed E-state index contributed by atoms with van der Waals surface area (Å²) in [4.78, 5) is 4.10. The maximum atomic E-state index is 8.87. The number of nitrogens with one attached hydrogen (secondary N) is 1. The predicted molar refractivity (Wildman–Crippen MR) is 107 cm³/mol. The number of benzene rings is 3.